The van der Waals surface area contributed by atoms with Crippen LogP contribution >= 0.6 is 11.6 Å². The normalized spacial score (nSPS) is 12.7. The third-order valence-corrected chi connectivity index (χ3v) is 2.66. The second-order valence-corrected chi connectivity index (χ2v) is 4.08. The SMILES string of the molecule is CCC(C)NC(=O)/C=C/c1ccccc1Cl. The van der Waals surface area contributed by atoms with Gasteiger partial charge in [-0.1, -0.05) is 36.7 Å². The molecule has 1 aromatic carbocycles. The number of halogens is 1. The third-order valence-electron chi connectivity index (χ3n) is 2.32. The van der Waals surface area contributed by atoms with Crippen LogP contribution in [0, 0.1) is 0 Å². The summed E-state index contributed by atoms with van der Waals surface area (Å²) in [7, 11) is 0. The van der Waals surface area contributed by atoms with Crippen molar-refractivity contribution in [2.24, 2.45) is 0 Å². The van der Waals surface area contributed by atoms with Crippen molar-refractivity contribution < 1.29 is 4.79 Å². The molecule has 0 aliphatic carbocycles. The molecule has 0 radical (unpaired) electrons. The number of hydrogen-bond donors (Lipinski definition) is 1. The van der Waals surface area contributed by atoms with Crippen LogP contribution in [0.15, 0.2) is 30.3 Å². The van der Waals surface area contributed by atoms with Gasteiger partial charge < -0.3 is 5.32 Å². The van der Waals surface area contributed by atoms with Crippen molar-refractivity contribution in [3.63, 3.8) is 0 Å². The van der Waals surface area contributed by atoms with Gasteiger partial charge in [0.1, 0.15) is 0 Å². The van der Waals surface area contributed by atoms with Gasteiger partial charge in [0.25, 0.3) is 0 Å². The summed E-state index contributed by atoms with van der Waals surface area (Å²) in [5.41, 5.74) is 0.850. The van der Waals surface area contributed by atoms with E-state index in [1.54, 1.807) is 12.1 Å². The molecule has 0 heterocycles. The van der Waals surface area contributed by atoms with Crippen LogP contribution in [-0.2, 0) is 4.79 Å². The van der Waals surface area contributed by atoms with Gasteiger partial charge in [0.05, 0.1) is 0 Å². The minimum Gasteiger partial charge on any atom is -0.350 e. The first-order chi connectivity index (χ1) is 7.63. The Bertz CT molecular complexity index is 387. The highest BCUT2D eigenvalue weighted by Gasteiger charge is 2.01. The van der Waals surface area contributed by atoms with E-state index in [4.69, 9.17) is 11.6 Å². The predicted molar refractivity (Wildman–Crippen MR) is 68.4 cm³/mol. The van der Waals surface area contributed by atoms with Gasteiger partial charge in [0.2, 0.25) is 5.91 Å². The molecule has 2 nitrogen and oxygen atoms in total. The second-order valence-electron chi connectivity index (χ2n) is 3.67. The van der Waals surface area contributed by atoms with E-state index in [1.807, 2.05) is 32.0 Å². The molecule has 0 saturated heterocycles. The van der Waals surface area contributed by atoms with E-state index in [9.17, 15) is 4.79 Å². The summed E-state index contributed by atoms with van der Waals surface area (Å²) in [5.74, 6) is -0.0886. The van der Waals surface area contributed by atoms with Crippen molar-refractivity contribution >= 4 is 23.6 Å². The molecule has 1 N–H and O–H groups in total. The van der Waals surface area contributed by atoms with Crippen molar-refractivity contribution in [3.8, 4) is 0 Å². The van der Waals surface area contributed by atoms with E-state index in [2.05, 4.69) is 5.32 Å². The highest BCUT2D eigenvalue weighted by atomic mass is 35.5. The Kier molecular flexibility index (Phi) is 5.06. The Morgan fingerprint density at radius 3 is 2.81 bits per heavy atom. The van der Waals surface area contributed by atoms with Crippen LogP contribution in [0.1, 0.15) is 25.8 Å². The summed E-state index contributed by atoms with van der Waals surface area (Å²) < 4.78 is 0. The third kappa shape index (κ3) is 4.07. The maximum Gasteiger partial charge on any atom is 0.244 e. The molecule has 0 aromatic heterocycles. The number of carbonyl (C=O) groups is 1. The molecule has 1 atom stereocenters. The molecule has 0 spiro atoms. The summed E-state index contributed by atoms with van der Waals surface area (Å²) in [4.78, 5) is 11.5. The zero-order chi connectivity index (χ0) is 12.0. The van der Waals surface area contributed by atoms with Gasteiger partial charge >= 0.3 is 0 Å². The molecule has 0 aliphatic rings. The molecule has 0 saturated carbocycles. The van der Waals surface area contributed by atoms with Gasteiger partial charge in [-0.25, -0.2) is 0 Å². The Morgan fingerprint density at radius 1 is 1.50 bits per heavy atom. The van der Waals surface area contributed by atoms with Crippen LogP contribution in [0.4, 0.5) is 0 Å². The van der Waals surface area contributed by atoms with Crippen LogP contribution < -0.4 is 5.32 Å². The lowest BCUT2D eigenvalue weighted by molar-refractivity contribution is -0.117. The topological polar surface area (TPSA) is 29.1 Å². The van der Waals surface area contributed by atoms with Crippen molar-refractivity contribution in [3.05, 3.63) is 40.9 Å². The fourth-order valence-corrected chi connectivity index (χ4v) is 1.37. The number of hydrogen-bond acceptors (Lipinski definition) is 1. The van der Waals surface area contributed by atoms with Gasteiger partial charge in [0.15, 0.2) is 0 Å². The maximum atomic E-state index is 11.5. The van der Waals surface area contributed by atoms with Crippen molar-refractivity contribution in [2.45, 2.75) is 26.3 Å². The molecule has 3 heteroatoms. The highest BCUT2D eigenvalue weighted by molar-refractivity contribution is 6.32. The first-order valence-corrected chi connectivity index (χ1v) is 5.74. The van der Waals surface area contributed by atoms with E-state index >= 15 is 0 Å². The number of rotatable bonds is 4. The molecule has 0 fully saturated rings. The second kappa shape index (κ2) is 6.33. The average Bonchev–Trinajstić information content (AvgIpc) is 2.28. The van der Waals surface area contributed by atoms with Gasteiger partial charge in [-0.3, -0.25) is 4.79 Å². The van der Waals surface area contributed by atoms with Gasteiger partial charge in [-0.05, 0) is 31.1 Å². The molecular formula is C13H16ClNO. The van der Waals surface area contributed by atoms with Crippen LogP contribution in [0.2, 0.25) is 5.02 Å². The van der Waals surface area contributed by atoms with Gasteiger partial charge in [-0.2, -0.15) is 0 Å². The molecule has 1 amide bonds. The Labute approximate surface area is 101 Å². The number of benzene rings is 1. The Hall–Kier alpha value is -1.28. The lowest BCUT2D eigenvalue weighted by Gasteiger charge is -2.08. The van der Waals surface area contributed by atoms with E-state index in [0.29, 0.717) is 5.02 Å². The lowest BCUT2D eigenvalue weighted by Crippen LogP contribution is -2.30. The van der Waals surface area contributed by atoms with Crippen LogP contribution in [0.25, 0.3) is 6.08 Å². The molecule has 1 rings (SSSR count). The largest absolute Gasteiger partial charge is 0.350 e. The van der Waals surface area contributed by atoms with Gasteiger partial charge in [0, 0.05) is 17.1 Å². The summed E-state index contributed by atoms with van der Waals surface area (Å²) in [6, 6.07) is 7.61. The summed E-state index contributed by atoms with van der Waals surface area (Å²) in [5, 5.41) is 3.50. The minimum absolute atomic E-state index is 0.0886. The molecule has 1 aromatic rings. The van der Waals surface area contributed by atoms with Crippen LogP contribution in [-0.4, -0.2) is 11.9 Å². The molecule has 0 bridgehead atoms. The van der Waals surface area contributed by atoms with Crippen LogP contribution in [0.3, 0.4) is 0 Å². The number of amides is 1. The fraction of sp³-hybridized carbons (Fsp3) is 0.308. The smallest absolute Gasteiger partial charge is 0.244 e. The monoisotopic (exact) mass is 237 g/mol. The summed E-state index contributed by atoms with van der Waals surface area (Å²) in [6.45, 7) is 4.00. The highest BCUT2D eigenvalue weighted by Crippen LogP contribution is 2.15. The lowest BCUT2D eigenvalue weighted by atomic mass is 10.2. The Morgan fingerprint density at radius 2 is 2.19 bits per heavy atom. The van der Waals surface area contributed by atoms with E-state index < -0.39 is 0 Å². The average molecular weight is 238 g/mol. The number of nitrogens with one attached hydrogen (secondary N) is 1. The molecule has 0 aliphatic heterocycles. The minimum atomic E-state index is -0.0886. The van der Waals surface area contributed by atoms with E-state index in [0.717, 1.165) is 12.0 Å². The first-order valence-electron chi connectivity index (χ1n) is 5.36. The maximum absolute atomic E-state index is 11.5. The Balaban J connectivity index is 2.60. The van der Waals surface area contributed by atoms with Crippen LogP contribution in [0.5, 0.6) is 0 Å². The number of carbonyl (C=O) groups excluding carboxylic acids is 1. The van der Waals surface area contributed by atoms with E-state index in [-0.39, 0.29) is 11.9 Å². The molecule has 16 heavy (non-hydrogen) atoms. The fourth-order valence-electron chi connectivity index (χ4n) is 1.17. The van der Waals surface area contributed by atoms with E-state index in [1.165, 1.54) is 6.08 Å². The summed E-state index contributed by atoms with van der Waals surface area (Å²) in [6.07, 6.45) is 4.15. The zero-order valence-electron chi connectivity index (χ0n) is 9.53. The van der Waals surface area contributed by atoms with Crippen molar-refractivity contribution in [1.29, 1.82) is 0 Å². The summed E-state index contributed by atoms with van der Waals surface area (Å²) >= 11 is 5.96. The molecule has 86 valence electrons. The zero-order valence-corrected chi connectivity index (χ0v) is 10.3. The molecular weight excluding hydrogens is 222 g/mol. The predicted octanol–water partition coefficient (Wildman–Crippen LogP) is 3.27. The first kappa shape index (κ1) is 12.8. The van der Waals surface area contributed by atoms with Crippen molar-refractivity contribution in [2.75, 3.05) is 0 Å². The van der Waals surface area contributed by atoms with Gasteiger partial charge in [-0.15, -0.1) is 0 Å². The van der Waals surface area contributed by atoms with Crippen molar-refractivity contribution in [1.82, 2.24) is 5.32 Å². The molecule has 1 unspecified atom stereocenters. The standard InChI is InChI=1S/C13H16ClNO/c1-3-10(2)15-13(16)9-8-11-6-4-5-7-12(11)14/h4-10H,3H2,1-2H3,(H,15,16)/b9-8+. The quantitative estimate of drug-likeness (QED) is 0.801.